The van der Waals surface area contributed by atoms with Gasteiger partial charge in [-0.2, -0.15) is 0 Å². The normalized spacial score (nSPS) is 12.8. The average Bonchev–Trinajstić information content (AvgIpc) is 2.46. The second-order valence-electron chi connectivity index (χ2n) is 4.60. The van der Waals surface area contributed by atoms with Crippen LogP contribution < -0.4 is 20.9 Å². The van der Waals surface area contributed by atoms with Crippen LogP contribution in [0.4, 0.5) is 0 Å². The molecule has 0 bridgehead atoms. The molecule has 2 aromatic carbocycles. The Morgan fingerprint density at radius 3 is 1.90 bits per heavy atom. The van der Waals surface area contributed by atoms with Crippen LogP contribution in [0.25, 0.3) is 0 Å². The van der Waals surface area contributed by atoms with Crippen molar-refractivity contribution >= 4 is 0 Å². The largest absolute Gasteiger partial charge is 0.483 e. The maximum absolute atomic E-state index is 6.08. The molecule has 1 unspecified atom stereocenters. The topological polar surface area (TPSA) is 70.5 Å². The fourth-order valence-corrected chi connectivity index (χ4v) is 1.92. The van der Waals surface area contributed by atoms with Crippen molar-refractivity contribution in [1.29, 1.82) is 0 Å². The summed E-state index contributed by atoms with van der Waals surface area (Å²) in [4.78, 5) is 0. The first-order valence-electron chi connectivity index (χ1n) is 6.65. The molecule has 2 rings (SSSR count). The van der Waals surface area contributed by atoms with Crippen molar-refractivity contribution in [2.75, 3.05) is 0 Å². The fourth-order valence-electron chi connectivity index (χ4n) is 1.92. The van der Waals surface area contributed by atoms with Gasteiger partial charge in [-0.15, -0.1) is 0 Å². The van der Waals surface area contributed by atoms with Gasteiger partial charge in [0.15, 0.2) is 6.10 Å². The van der Waals surface area contributed by atoms with Crippen LogP contribution in [-0.4, -0.2) is 12.0 Å². The summed E-state index contributed by atoms with van der Waals surface area (Å²) in [6.45, 7) is 1.95. The van der Waals surface area contributed by atoms with Crippen LogP contribution in [0.3, 0.4) is 0 Å². The molecule has 20 heavy (non-hydrogen) atoms. The molecule has 4 heteroatoms. The number of nitrogens with two attached hydrogens (primary N) is 2. The molecule has 0 heterocycles. The first-order valence-corrected chi connectivity index (χ1v) is 6.65. The number of para-hydroxylation sites is 2. The van der Waals surface area contributed by atoms with E-state index in [2.05, 4.69) is 0 Å². The standard InChI is InChI=1S/C16H20N2O2/c1-2-15(19-13-9-5-3-6-10-13)16(17,18)20-14-11-7-4-8-12-14/h3-12,15H,2,17-18H2,1H3. The molecule has 0 aliphatic heterocycles. The number of benzene rings is 2. The van der Waals surface area contributed by atoms with Gasteiger partial charge in [0, 0.05) is 0 Å². The summed E-state index contributed by atoms with van der Waals surface area (Å²) >= 11 is 0. The van der Waals surface area contributed by atoms with Crippen LogP contribution in [0, 0.1) is 0 Å². The second-order valence-corrected chi connectivity index (χ2v) is 4.60. The molecular weight excluding hydrogens is 252 g/mol. The predicted molar refractivity (Wildman–Crippen MR) is 79.3 cm³/mol. The van der Waals surface area contributed by atoms with Gasteiger partial charge in [-0.3, -0.25) is 11.5 Å². The first kappa shape index (κ1) is 14.4. The van der Waals surface area contributed by atoms with Crippen LogP contribution in [0.2, 0.25) is 0 Å². The number of ether oxygens (including phenoxy) is 2. The Kier molecular flexibility index (Phi) is 4.61. The highest BCUT2D eigenvalue weighted by Crippen LogP contribution is 2.20. The van der Waals surface area contributed by atoms with Crippen molar-refractivity contribution in [3.8, 4) is 11.5 Å². The molecule has 0 spiro atoms. The van der Waals surface area contributed by atoms with Gasteiger partial charge in [0.2, 0.25) is 5.85 Å². The molecule has 1 atom stereocenters. The van der Waals surface area contributed by atoms with Gasteiger partial charge in [0.1, 0.15) is 11.5 Å². The lowest BCUT2D eigenvalue weighted by Gasteiger charge is -2.33. The predicted octanol–water partition coefficient (Wildman–Crippen LogP) is 2.49. The number of hydrogen-bond donors (Lipinski definition) is 2. The van der Waals surface area contributed by atoms with E-state index in [1.165, 1.54) is 0 Å². The minimum absolute atomic E-state index is 0.454. The molecular formula is C16H20N2O2. The summed E-state index contributed by atoms with van der Waals surface area (Å²) in [6, 6.07) is 18.7. The maximum atomic E-state index is 6.08. The van der Waals surface area contributed by atoms with Crippen molar-refractivity contribution in [2.24, 2.45) is 11.5 Å². The summed E-state index contributed by atoms with van der Waals surface area (Å²) in [5.74, 6) is -0.0599. The molecule has 0 saturated heterocycles. The van der Waals surface area contributed by atoms with Gasteiger partial charge in [-0.05, 0) is 30.7 Å². The van der Waals surface area contributed by atoms with Crippen LogP contribution in [0.5, 0.6) is 11.5 Å². The monoisotopic (exact) mass is 272 g/mol. The average molecular weight is 272 g/mol. The third-order valence-corrected chi connectivity index (χ3v) is 2.93. The molecule has 0 aromatic heterocycles. The minimum atomic E-state index is -1.40. The van der Waals surface area contributed by atoms with Gasteiger partial charge < -0.3 is 9.47 Å². The Labute approximate surface area is 119 Å². The molecule has 2 aromatic rings. The van der Waals surface area contributed by atoms with E-state index in [1.54, 1.807) is 0 Å². The maximum Gasteiger partial charge on any atom is 0.250 e. The van der Waals surface area contributed by atoms with E-state index in [0.717, 1.165) is 5.75 Å². The summed E-state index contributed by atoms with van der Waals surface area (Å²) in [5, 5.41) is 0. The molecule has 0 aliphatic rings. The lowest BCUT2D eigenvalue weighted by atomic mass is 10.2. The Morgan fingerprint density at radius 1 is 0.900 bits per heavy atom. The van der Waals surface area contributed by atoms with Crippen LogP contribution in [0.1, 0.15) is 13.3 Å². The Morgan fingerprint density at radius 2 is 1.40 bits per heavy atom. The first-order chi connectivity index (χ1) is 9.62. The lowest BCUT2D eigenvalue weighted by Crippen LogP contribution is -2.64. The molecule has 4 nitrogen and oxygen atoms in total. The third-order valence-electron chi connectivity index (χ3n) is 2.93. The molecule has 0 aliphatic carbocycles. The quantitative estimate of drug-likeness (QED) is 0.793. The summed E-state index contributed by atoms with van der Waals surface area (Å²) < 4.78 is 11.5. The molecule has 0 radical (unpaired) electrons. The highest BCUT2D eigenvalue weighted by atomic mass is 16.6. The van der Waals surface area contributed by atoms with Gasteiger partial charge in [-0.25, -0.2) is 0 Å². The van der Waals surface area contributed by atoms with E-state index in [-0.39, 0.29) is 0 Å². The van der Waals surface area contributed by atoms with E-state index in [0.29, 0.717) is 12.2 Å². The van der Waals surface area contributed by atoms with E-state index in [9.17, 15) is 0 Å². The number of rotatable bonds is 6. The Balaban J connectivity index is 2.09. The van der Waals surface area contributed by atoms with Gasteiger partial charge in [0.25, 0.3) is 0 Å². The smallest absolute Gasteiger partial charge is 0.250 e. The summed E-state index contributed by atoms with van der Waals surface area (Å²) in [5.41, 5.74) is 12.2. The van der Waals surface area contributed by atoms with Gasteiger partial charge in [0.05, 0.1) is 0 Å². The third kappa shape index (κ3) is 3.73. The van der Waals surface area contributed by atoms with E-state index >= 15 is 0 Å². The molecule has 4 N–H and O–H groups in total. The minimum Gasteiger partial charge on any atom is -0.483 e. The van der Waals surface area contributed by atoms with E-state index in [4.69, 9.17) is 20.9 Å². The molecule has 0 saturated carbocycles. The van der Waals surface area contributed by atoms with Crippen molar-refractivity contribution in [1.82, 2.24) is 0 Å². The van der Waals surface area contributed by atoms with Crippen molar-refractivity contribution in [3.05, 3.63) is 60.7 Å². The zero-order valence-corrected chi connectivity index (χ0v) is 11.5. The van der Waals surface area contributed by atoms with Crippen LogP contribution in [0.15, 0.2) is 60.7 Å². The SMILES string of the molecule is CCC(Oc1ccccc1)C(N)(N)Oc1ccccc1. The van der Waals surface area contributed by atoms with Crippen LogP contribution >= 0.6 is 0 Å². The summed E-state index contributed by atoms with van der Waals surface area (Å²) in [6.07, 6.45) is 0.180. The van der Waals surface area contributed by atoms with E-state index < -0.39 is 12.0 Å². The Hall–Kier alpha value is -2.04. The van der Waals surface area contributed by atoms with Crippen LogP contribution in [-0.2, 0) is 0 Å². The zero-order valence-electron chi connectivity index (χ0n) is 11.5. The zero-order chi connectivity index (χ0) is 14.4. The van der Waals surface area contributed by atoms with Gasteiger partial charge in [-0.1, -0.05) is 43.3 Å². The lowest BCUT2D eigenvalue weighted by molar-refractivity contribution is -0.0337. The van der Waals surface area contributed by atoms with Crippen molar-refractivity contribution < 1.29 is 9.47 Å². The van der Waals surface area contributed by atoms with Crippen molar-refractivity contribution in [2.45, 2.75) is 25.3 Å². The fraction of sp³-hybridized carbons (Fsp3) is 0.250. The number of hydrogen-bond acceptors (Lipinski definition) is 4. The summed E-state index contributed by atoms with van der Waals surface area (Å²) in [7, 11) is 0. The highest BCUT2D eigenvalue weighted by molar-refractivity contribution is 5.23. The molecule has 106 valence electrons. The second kappa shape index (κ2) is 6.41. The molecule has 0 amide bonds. The Bertz CT molecular complexity index is 515. The van der Waals surface area contributed by atoms with E-state index in [1.807, 2.05) is 67.6 Å². The molecule has 0 fully saturated rings. The van der Waals surface area contributed by atoms with Gasteiger partial charge >= 0.3 is 0 Å². The highest BCUT2D eigenvalue weighted by Gasteiger charge is 2.34. The van der Waals surface area contributed by atoms with Crippen molar-refractivity contribution in [3.63, 3.8) is 0 Å².